The molecular weight excluding hydrogens is 375 g/mol. The van der Waals surface area contributed by atoms with Gasteiger partial charge >= 0.3 is 18.1 Å². The first-order chi connectivity index (χ1) is 13.3. The maximum absolute atomic E-state index is 12.0. The molecule has 0 atom stereocenters. The second kappa shape index (κ2) is 11.0. The van der Waals surface area contributed by atoms with E-state index in [0.717, 1.165) is 30.3 Å². The van der Waals surface area contributed by atoms with E-state index in [1.165, 1.54) is 25.7 Å². The zero-order valence-corrected chi connectivity index (χ0v) is 15.7. The summed E-state index contributed by atoms with van der Waals surface area (Å²) in [5, 5.41) is 2.93. The molecule has 1 saturated carbocycles. The SMILES string of the molecule is O=C(CCNCCc1ccc(OCCC2CCCC2)cc1)OC(=O)C(F)(F)F. The average molecular weight is 401 g/mol. The first-order valence-electron chi connectivity index (χ1n) is 9.59. The van der Waals surface area contributed by atoms with Crippen molar-refractivity contribution in [2.24, 2.45) is 5.92 Å². The number of nitrogens with one attached hydrogen (secondary N) is 1. The zero-order valence-electron chi connectivity index (χ0n) is 15.7. The van der Waals surface area contributed by atoms with Gasteiger partial charge in [-0.25, -0.2) is 4.79 Å². The van der Waals surface area contributed by atoms with Crippen LogP contribution in [0.3, 0.4) is 0 Å². The molecule has 8 heteroatoms. The summed E-state index contributed by atoms with van der Waals surface area (Å²) in [6, 6.07) is 7.76. The highest BCUT2D eigenvalue weighted by Gasteiger charge is 2.42. The highest BCUT2D eigenvalue weighted by Crippen LogP contribution is 2.27. The predicted molar refractivity (Wildman–Crippen MR) is 96.9 cm³/mol. The fourth-order valence-electron chi connectivity index (χ4n) is 3.16. The third kappa shape index (κ3) is 8.29. The molecule has 0 saturated heterocycles. The number of rotatable bonds is 10. The average Bonchev–Trinajstić information content (AvgIpc) is 3.15. The molecule has 1 aliphatic rings. The fraction of sp³-hybridized carbons (Fsp3) is 0.600. The van der Waals surface area contributed by atoms with E-state index in [9.17, 15) is 22.8 Å². The first-order valence-corrected chi connectivity index (χ1v) is 9.59. The summed E-state index contributed by atoms with van der Waals surface area (Å²) in [4.78, 5) is 21.7. The molecule has 0 heterocycles. The molecule has 0 radical (unpaired) electrons. The molecule has 1 aromatic carbocycles. The van der Waals surface area contributed by atoms with Crippen LogP contribution in [0.15, 0.2) is 24.3 Å². The zero-order chi connectivity index (χ0) is 20.4. The van der Waals surface area contributed by atoms with Crippen LogP contribution in [0, 0.1) is 5.92 Å². The summed E-state index contributed by atoms with van der Waals surface area (Å²) in [5.74, 6) is -2.04. The van der Waals surface area contributed by atoms with Gasteiger partial charge in [0.1, 0.15) is 5.75 Å². The van der Waals surface area contributed by atoms with Gasteiger partial charge in [0, 0.05) is 6.54 Å². The van der Waals surface area contributed by atoms with Crippen LogP contribution in [0.2, 0.25) is 0 Å². The van der Waals surface area contributed by atoms with Crippen molar-refractivity contribution in [3.8, 4) is 5.75 Å². The van der Waals surface area contributed by atoms with Crippen LogP contribution < -0.4 is 10.1 Å². The molecule has 1 aliphatic carbocycles. The highest BCUT2D eigenvalue weighted by molar-refractivity contribution is 5.88. The van der Waals surface area contributed by atoms with Gasteiger partial charge in [0.2, 0.25) is 0 Å². The Labute approximate surface area is 162 Å². The minimum atomic E-state index is -5.16. The summed E-state index contributed by atoms with van der Waals surface area (Å²) in [6.07, 6.45) is 1.62. The van der Waals surface area contributed by atoms with Crippen LogP contribution in [0.1, 0.15) is 44.1 Å². The van der Waals surface area contributed by atoms with Crippen LogP contribution >= 0.6 is 0 Å². The molecular formula is C20H26F3NO4. The summed E-state index contributed by atoms with van der Waals surface area (Å²) in [5.41, 5.74) is 1.07. The summed E-state index contributed by atoms with van der Waals surface area (Å²) in [7, 11) is 0. The topological polar surface area (TPSA) is 64.6 Å². The minimum absolute atomic E-state index is 0.131. The number of benzene rings is 1. The third-order valence-electron chi connectivity index (χ3n) is 4.73. The van der Waals surface area contributed by atoms with Gasteiger partial charge in [-0.3, -0.25) is 4.79 Å². The number of carbonyl (C=O) groups excluding carboxylic acids is 2. The lowest BCUT2D eigenvalue weighted by atomic mass is 10.1. The number of alkyl halides is 3. The van der Waals surface area contributed by atoms with Gasteiger partial charge in [0.25, 0.3) is 0 Å². The number of hydrogen-bond donors (Lipinski definition) is 1. The van der Waals surface area contributed by atoms with Gasteiger partial charge < -0.3 is 14.8 Å². The molecule has 0 unspecified atom stereocenters. The van der Waals surface area contributed by atoms with E-state index >= 15 is 0 Å². The van der Waals surface area contributed by atoms with E-state index < -0.39 is 18.1 Å². The van der Waals surface area contributed by atoms with Crippen LogP contribution in [-0.2, 0) is 20.7 Å². The number of carbonyl (C=O) groups is 2. The number of esters is 2. The Bertz CT molecular complexity index is 625. The van der Waals surface area contributed by atoms with Crippen molar-refractivity contribution in [3.63, 3.8) is 0 Å². The molecule has 1 N–H and O–H groups in total. The monoisotopic (exact) mass is 401 g/mol. The lowest BCUT2D eigenvalue weighted by Gasteiger charge is -2.11. The van der Waals surface area contributed by atoms with Crippen molar-refractivity contribution in [1.82, 2.24) is 5.32 Å². The molecule has 2 rings (SSSR count). The normalized spacial score (nSPS) is 14.8. The third-order valence-corrected chi connectivity index (χ3v) is 4.73. The van der Waals surface area contributed by atoms with Crippen LogP contribution in [0.5, 0.6) is 5.75 Å². The predicted octanol–water partition coefficient (Wildman–Crippen LogP) is 3.80. The van der Waals surface area contributed by atoms with E-state index in [1.807, 2.05) is 24.3 Å². The van der Waals surface area contributed by atoms with Crippen LogP contribution in [-0.4, -0.2) is 37.8 Å². The van der Waals surface area contributed by atoms with Gasteiger partial charge in [-0.15, -0.1) is 0 Å². The maximum atomic E-state index is 12.0. The molecule has 156 valence electrons. The van der Waals surface area contributed by atoms with E-state index in [2.05, 4.69) is 10.1 Å². The minimum Gasteiger partial charge on any atom is -0.494 e. The standard InChI is InChI=1S/C20H26F3NO4/c21-20(22,23)19(26)28-18(25)10-13-24-12-9-16-5-7-17(8-6-16)27-14-11-15-3-1-2-4-15/h5-8,15,24H,1-4,9-14H2. The lowest BCUT2D eigenvalue weighted by Crippen LogP contribution is -2.29. The van der Waals surface area contributed by atoms with Gasteiger partial charge in [-0.1, -0.05) is 37.8 Å². The quantitative estimate of drug-likeness (QED) is 0.367. The lowest BCUT2D eigenvalue weighted by molar-refractivity contribution is -0.201. The van der Waals surface area contributed by atoms with Crippen molar-refractivity contribution >= 4 is 11.9 Å². The van der Waals surface area contributed by atoms with Gasteiger partial charge in [-0.05, 0) is 43.0 Å². The van der Waals surface area contributed by atoms with Crippen LogP contribution in [0.4, 0.5) is 13.2 Å². The van der Waals surface area contributed by atoms with Crippen molar-refractivity contribution in [2.45, 2.75) is 51.1 Å². The molecule has 0 bridgehead atoms. The number of halogens is 3. The van der Waals surface area contributed by atoms with Gasteiger partial charge in [-0.2, -0.15) is 13.2 Å². The molecule has 28 heavy (non-hydrogen) atoms. The van der Waals surface area contributed by atoms with E-state index in [-0.39, 0.29) is 13.0 Å². The van der Waals surface area contributed by atoms with Crippen molar-refractivity contribution < 1.29 is 32.2 Å². The summed E-state index contributed by atoms with van der Waals surface area (Å²) >= 11 is 0. The number of ether oxygens (including phenoxy) is 2. The Morgan fingerprint density at radius 3 is 2.39 bits per heavy atom. The first kappa shape index (κ1) is 22.2. The second-order valence-electron chi connectivity index (χ2n) is 6.94. The van der Waals surface area contributed by atoms with Crippen LogP contribution in [0.25, 0.3) is 0 Å². The molecule has 0 aromatic heterocycles. The summed E-state index contributed by atoms with van der Waals surface area (Å²) < 4.78 is 45.3. The molecule has 0 amide bonds. The fourth-order valence-corrected chi connectivity index (χ4v) is 3.16. The Balaban J connectivity index is 1.55. The largest absolute Gasteiger partial charge is 0.494 e. The molecule has 5 nitrogen and oxygen atoms in total. The molecule has 0 spiro atoms. The van der Waals surface area contributed by atoms with Gasteiger partial charge in [0.15, 0.2) is 0 Å². The molecule has 1 fully saturated rings. The Morgan fingerprint density at radius 1 is 1.07 bits per heavy atom. The summed E-state index contributed by atoms with van der Waals surface area (Å²) in [6.45, 7) is 1.41. The van der Waals surface area contributed by atoms with E-state index in [0.29, 0.717) is 13.0 Å². The Hall–Kier alpha value is -2.09. The smallest absolute Gasteiger partial charge is 0.491 e. The van der Waals surface area contributed by atoms with Gasteiger partial charge in [0.05, 0.1) is 13.0 Å². The maximum Gasteiger partial charge on any atom is 0.491 e. The molecule has 0 aliphatic heterocycles. The Kier molecular flexibility index (Phi) is 8.76. The van der Waals surface area contributed by atoms with Crippen molar-refractivity contribution in [3.05, 3.63) is 29.8 Å². The highest BCUT2D eigenvalue weighted by atomic mass is 19.4. The second-order valence-corrected chi connectivity index (χ2v) is 6.94. The van der Waals surface area contributed by atoms with Crippen molar-refractivity contribution in [1.29, 1.82) is 0 Å². The Morgan fingerprint density at radius 2 is 1.75 bits per heavy atom. The molecule has 1 aromatic rings. The van der Waals surface area contributed by atoms with E-state index in [1.54, 1.807) is 0 Å². The van der Waals surface area contributed by atoms with E-state index in [4.69, 9.17) is 4.74 Å². The number of hydrogen-bond acceptors (Lipinski definition) is 5. The van der Waals surface area contributed by atoms with Crippen molar-refractivity contribution in [2.75, 3.05) is 19.7 Å².